The van der Waals surface area contributed by atoms with Crippen LogP contribution in [0.4, 0.5) is 0 Å². The summed E-state index contributed by atoms with van der Waals surface area (Å²) >= 11 is 0. The molecule has 0 aromatic heterocycles. The van der Waals surface area contributed by atoms with Gasteiger partial charge < -0.3 is 5.11 Å². The molecule has 1 N–H and O–H groups in total. The molecule has 0 saturated heterocycles. The molecular formula is C19H27NO. The summed E-state index contributed by atoms with van der Waals surface area (Å²) in [5, 5.41) is 13.4. The quantitative estimate of drug-likeness (QED) is 0.851. The van der Waals surface area contributed by atoms with Crippen molar-refractivity contribution in [3.63, 3.8) is 0 Å². The Bertz CT molecular complexity index is 591. The second-order valence-corrected chi connectivity index (χ2v) is 5.89. The van der Waals surface area contributed by atoms with Gasteiger partial charge in [0.15, 0.2) is 0 Å². The molecule has 0 amide bonds. The fourth-order valence-corrected chi connectivity index (χ4v) is 3.27. The van der Waals surface area contributed by atoms with Gasteiger partial charge in [-0.15, -0.1) is 0 Å². The maximum Gasteiger partial charge on any atom is 0.0971 e. The third-order valence-electron chi connectivity index (χ3n) is 4.88. The van der Waals surface area contributed by atoms with Crippen molar-refractivity contribution < 1.29 is 5.11 Å². The van der Waals surface area contributed by atoms with Crippen molar-refractivity contribution >= 4 is 10.8 Å². The van der Waals surface area contributed by atoms with Gasteiger partial charge >= 0.3 is 0 Å². The Labute approximate surface area is 128 Å². The molecule has 0 heterocycles. The zero-order valence-electron chi connectivity index (χ0n) is 13.6. The third kappa shape index (κ3) is 2.97. The predicted molar refractivity (Wildman–Crippen MR) is 90.5 cm³/mol. The van der Waals surface area contributed by atoms with E-state index in [-0.39, 0.29) is 5.54 Å². The Kier molecular flexibility index (Phi) is 5.02. The maximum atomic E-state index is 11.0. The molecule has 2 unspecified atom stereocenters. The Morgan fingerprint density at radius 2 is 1.62 bits per heavy atom. The Hall–Kier alpha value is -1.38. The highest BCUT2D eigenvalue weighted by atomic mass is 16.3. The van der Waals surface area contributed by atoms with Crippen LogP contribution >= 0.6 is 0 Å². The van der Waals surface area contributed by atoms with E-state index >= 15 is 0 Å². The lowest BCUT2D eigenvalue weighted by atomic mass is 9.84. The van der Waals surface area contributed by atoms with Crippen molar-refractivity contribution in [3.8, 4) is 0 Å². The summed E-state index contributed by atoms with van der Waals surface area (Å²) in [6.45, 7) is 10.5. The molecule has 0 radical (unpaired) electrons. The predicted octanol–water partition coefficient (Wildman–Crippen LogP) is 4.38. The molecule has 2 aromatic carbocycles. The first-order valence-electron chi connectivity index (χ1n) is 7.98. The Balaban J connectivity index is 2.41. The van der Waals surface area contributed by atoms with Crippen LogP contribution in [0.2, 0.25) is 0 Å². The van der Waals surface area contributed by atoms with Gasteiger partial charge in [0.2, 0.25) is 0 Å². The van der Waals surface area contributed by atoms with Crippen LogP contribution in [0.1, 0.15) is 45.8 Å². The molecule has 0 aliphatic carbocycles. The highest BCUT2D eigenvalue weighted by Crippen LogP contribution is 2.35. The third-order valence-corrected chi connectivity index (χ3v) is 4.88. The second-order valence-electron chi connectivity index (χ2n) is 5.89. The molecule has 2 rings (SSSR count). The molecule has 2 heteroatoms. The fraction of sp³-hybridized carbons (Fsp3) is 0.474. The molecule has 0 aliphatic heterocycles. The first-order valence-corrected chi connectivity index (χ1v) is 7.98. The van der Waals surface area contributed by atoms with Crippen molar-refractivity contribution in [2.75, 3.05) is 13.1 Å². The summed E-state index contributed by atoms with van der Waals surface area (Å²) in [6, 6.07) is 14.6. The molecule has 21 heavy (non-hydrogen) atoms. The standard InChI is InChI=1S/C19H27NO/c1-5-19(4,20(6-2)7-3)18(21)17-13-12-15-10-8-9-11-16(15)14-17/h8-14,18,21H,5-7H2,1-4H3. The Morgan fingerprint density at radius 3 is 2.19 bits per heavy atom. The highest BCUT2D eigenvalue weighted by molar-refractivity contribution is 5.83. The average Bonchev–Trinajstić information content (AvgIpc) is 2.54. The first kappa shape index (κ1) is 16.0. The summed E-state index contributed by atoms with van der Waals surface area (Å²) in [5.41, 5.74) is 0.774. The molecular weight excluding hydrogens is 258 g/mol. The van der Waals surface area contributed by atoms with Crippen LogP contribution in [-0.4, -0.2) is 28.6 Å². The SMILES string of the molecule is CCN(CC)C(C)(CC)C(O)c1ccc2ccccc2c1. The fourth-order valence-electron chi connectivity index (χ4n) is 3.27. The lowest BCUT2D eigenvalue weighted by molar-refractivity contribution is -0.0213. The molecule has 0 saturated carbocycles. The van der Waals surface area contributed by atoms with Gasteiger partial charge in [-0.1, -0.05) is 57.2 Å². The second kappa shape index (κ2) is 6.59. The van der Waals surface area contributed by atoms with Gasteiger partial charge in [-0.2, -0.15) is 0 Å². The number of hydrogen-bond donors (Lipinski definition) is 1. The number of nitrogens with zero attached hydrogens (tertiary/aromatic N) is 1. The van der Waals surface area contributed by atoms with Crippen LogP contribution in [-0.2, 0) is 0 Å². The van der Waals surface area contributed by atoms with Gasteiger partial charge in [-0.05, 0) is 48.8 Å². The van der Waals surface area contributed by atoms with E-state index in [1.165, 1.54) is 10.8 Å². The van der Waals surface area contributed by atoms with Gasteiger partial charge in [-0.25, -0.2) is 0 Å². The van der Waals surface area contributed by atoms with E-state index in [1.807, 2.05) is 12.1 Å². The van der Waals surface area contributed by atoms with E-state index < -0.39 is 6.10 Å². The molecule has 114 valence electrons. The van der Waals surface area contributed by atoms with Crippen LogP contribution in [0.5, 0.6) is 0 Å². The van der Waals surface area contributed by atoms with E-state index in [9.17, 15) is 5.11 Å². The number of aliphatic hydroxyl groups excluding tert-OH is 1. The van der Waals surface area contributed by atoms with Crippen molar-refractivity contribution in [1.29, 1.82) is 0 Å². The van der Waals surface area contributed by atoms with Crippen molar-refractivity contribution in [3.05, 3.63) is 48.0 Å². The number of fused-ring (bicyclic) bond motifs is 1. The normalized spacial score (nSPS) is 16.1. The lowest BCUT2D eigenvalue weighted by Crippen LogP contribution is -2.50. The largest absolute Gasteiger partial charge is 0.386 e. The van der Waals surface area contributed by atoms with Gasteiger partial charge in [0, 0.05) is 5.54 Å². The molecule has 0 bridgehead atoms. The minimum Gasteiger partial charge on any atom is -0.386 e. The van der Waals surface area contributed by atoms with E-state index in [0.29, 0.717) is 0 Å². The summed E-state index contributed by atoms with van der Waals surface area (Å²) in [4.78, 5) is 2.35. The van der Waals surface area contributed by atoms with Crippen molar-refractivity contribution in [2.45, 2.75) is 45.8 Å². The summed E-state index contributed by atoms with van der Waals surface area (Å²) in [7, 11) is 0. The number of rotatable bonds is 6. The summed E-state index contributed by atoms with van der Waals surface area (Å²) < 4.78 is 0. The summed E-state index contributed by atoms with van der Waals surface area (Å²) in [5.74, 6) is 0. The topological polar surface area (TPSA) is 23.5 Å². The number of benzene rings is 2. The lowest BCUT2D eigenvalue weighted by Gasteiger charge is -2.43. The van der Waals surface area contributed by atoms with Gasteiger partial charge in [-0.3, -0.25) is 4.90 Å². The molecule has 0 fully saturated rings. The minimum atomic E-state index is -0.480. The molecule has 0 aliphatic rings. The monoisotopic (exact) mass is 285 g/mol. The van der Waals surface area contributed by atoms with Gasteiger partial charge in [0.25, 0.3) is 0 Å². The van der Waals surface area contributed by atoms with Crippen LogP contribution in [0.3, 0.4) is 0 Å². The van der Waals surface area contributed by atoms with Crippen molar-refractivity contribution in [2.24, 2.45) is 0 Å². The average molecular weight is 285 g/mol. The smallest absolute Gasteiger partial charge is 0.0971 e. The zero-order chi connectivity index (χ0) is 15.5. The molecule has 2 nitrogen and oxygen atoms in total. The van der Waals surface area contributed by atoms with Gasteiger partial charge in [0.1, 0.15) is 0 Å². The van der Waals surface area contributed by atoms with Crippen molar-refractivity contribution in [1.82, 2.24) is 4.90 Å². The number of aliphatic hydroxyl groups is 1. The molecule has 2 aromatic rings. The zero-order valence-corrected chi connectivity index (χ0v) is 13.6. The molecule has 0 spiro atoms. The van der Waals surface area contributed by atoms with E-state index in [2.05, 4.69) is 62.9 Å². The van der Waals surface area contributed by atoms with Crippen LogP contribution < -0.4 is 0 Å². The Morgan fingerprint density at radius 1 is 1.00 bits per heavy atom. The van der Waals surface area contributed by atoms with Crippen LogP contribution in [0.25, 0.3) is 10.8 Å². The van der Waals surface area contributed by atoms with E-state index in [4.69, 9.17) is 0 Å². The van der Waals surface area contributed by atoms with Crippen LogP contribution in [0.15, 0.2) is 42.5 Å². The van der Waals surface area contributed by atoms with E-state index in [0.717, 1.165) is 25.1 Å². The van der Waals surface area contributed by atoms with Crippen LogP contribution in [0, 0.1) is 0 Å². The molecule has 2 atom stereocenters. The van der Waals surface area contributed by atoms with E-state index in [1.54, 1.807) is 0 Å². The minimum absolute atomic E-state index is 0.230. The number of hydrogen-bond acceptors (Lipinski definition) is 2. The highest BCUT2D eigenvalue weighted by Gasteiger charge is 2.36. The number of likely N-dealkylation sites (N-methyl/N-ethyl adjacent to an activating group) is 1. The van der Waals surface area contributed by atoms with Gasteiger partial charge in [0.05, 0.1) is 6.10 Å². The first-order chi connectivity index (χ1) is 10.1. The maximum absolute atomic E-state index is 11.0. The summed E-state index contributed by atoms with van der Waals surface area (Å²) in [6.07, 6.45) is 0.440.